The molecule has 0 amide bonds. The number of hydrogen-bond acceptors (Lipinski definition) is 3. The van der Waals surface area contributed by atoms with Gasteiger partial charge in [-0.2, -0.15) is 5.10 Å². The van der Waals surface area contributed by atoms with Crippen molar-refractivity contribution in [1.82, 2.24) is 14.7 Å². The normalized spacial score (nSPS) is 23.3. The Morgan fingerprint density at radius 1 is 1.25 bits per heavy atom. The molecule has 0 aliphatic carbocycles. The van der Waals surface area contributed by atoms with Gasteiger partial charge in [0, 0.05) is 44.8 Å². The maximum Gasteiger partial charge on any atom is 0.0522 e. The van der Waals surface area contributed by atoms with Crippen LogP contribution < -0.4 is 5.73 Å². The molecule has 0 bridgehead atoms. The Balaban J connectivity index is 1.58. The highest BCUT2D eigenvalue weighted by Crippen LogP contribution is 2.26. The molecule has 0 saturated carbocycles. The lowest BCUT2D eigenvalue weighted by Gasteiger charge is -2.15. The molecule has 1 fully saturated rings. The summed E-state index contributed by atoms with van der Waals surface area (Å²) in [7, 11) is 1.96. The van der Waals surface area contributed by atoms with Crippen LogP contribution in [0.1, 0.15) is 17.0 Å². The fourth-order valence-electron chi connectivity index (χ4n) is 3.04. The predicted octanol–water partition coefficient (Wildman–Crippen LogP) is 1.39. The first-order valence-corrected chi connectivity index (χ1v) is 7.23. The average molecular weight is 270 g/mol. The van der Waals surface area contributed by atoms with Gasteiger partial charge >= 0.3 is 0 Å². The molecule has 4 heteroatoms. The van der Waals surface area contributed by atoms with Crippen LogP contribution in [-0.2, 0) is 13.5 Å². The highest BCUT2D eigenvalue weighted by Gasteiger charge is 2.30. The van der Waals surface area contributed by atoms with Crippen molar-refractivity contribution in [2.24, 2.45) is 12.8 Å². The maximum atomic E-state index is 6.32. The van der Waals surface area contributed by atoms with Crippen molar-refractivity contribution in [3.8, 4) is 0 Å². The zero-order valence-corrected chi connectivity index (χ0v) is 11.9. The smallest absolute Gasteiger partial charge is 0.0522 e. The van der Waals surface area contributed by atoms with Gasteiger partial charge in [0.25, 0.3) is 0 Å². The minimum atomic E-state index is 0.242. The second-order valence-electron chi connectivity index (χ2n) is 5.71. The SMILES string of the molecule is Cn1cc(CCN2C[C@@H](N)[C@H](c3ccccc3)C2)cn1. The van der Waals surface area contributed by atoms with Gasteiger partial charge in [0.05, 0.1) is 6.20 Å². The van der Waals surface area contributed by atoms with Gasteiger partial charge in [0.15, 0.2) is 0 Å². The van der Waals surface area contributed by atoms with Gasteiger partial charge in [-0.15, -0.1) is 0 Å². The average Bonchev–Trinajstić information content (AvgIpc) is 3.03. The molecule has 3 rings (SSSR count). The van der Waals surface area contributed by atoms with Crippen LogP contribution in [0.25, 0.3) is 0 Å². The molecular formula is C16H22N4. The lowest BCUT2D eigenvalue weighted by atomic mass is 9.95. The zero-order chi connectivity index (χ0) is 13.9. The molecule has 1 aromatic carbocycles. The van der Waals surface area contributed by atoms with Gasteiger partial charge in [0.1, 0.15) is 0 Å². The number of nitrogens with two attached hydrogens (primary N) is 1. The first-order chi connectivity index (χ1) is 9.72. The van der Waals surface area contributed by atoms with E-state index >= 15 is 0 Å². The summed E-state index contributed by atoms with van der Waals surface area (Å²) >= 11 is 0. The molecule has 2 N–H and O–H groups in total. The molecule has 2 heterocycles. The van der Waals surface area contributed by atoms with E-state index in [-0.39, 0.29) is 6.04 Å². The molecule has 1 aromatic heterocycles. The molecule has 20 heavy (non-hydrogen) atoms. The summed E-state index contributed by atoms with van der Waals surface area (Å²) in [6.45, 7) is 3.11. The highest BCUT2D eigenvalue weighted by molar-refractivity contribution is 5.23. The third-order valence-electron chi connectivity index (χ3n) is 4.14. The Morgan fingerprint density at radius 3 is 2.75 bits per heavy atom. The van der Waals surface area contributed by atoms with E-state index in [2.05, 4.69) is 46.5 Å². The van der Waals surface area contributed by atoms with Gasteiger partial charge in [-0.05, 0) is 17.5 Å². The van der Waals surface area contributed by atoms with Gasteiger partial charge in [-0.3, -0.25) is 4.68 Å². The number of likely N-dealkylation sites (tertiary alicyclic amines) is 1. The Hall–Kier alpha value is -1.65. The molecule has 0 unspecified atom stereocenters. The maximum absolute atomic E-state index is 6.32. The van der Waals surface area contributed by atoms with Gasteiger partial charge in [-0.1, -0.05) is 30.3 Å². The molecule has 1 aliphatic heterocycles. The Kier molecular flexibility index (Phi) is 3.85. The Labute approximate surface area is 120 Å². The molecule has 2 aromatic rings. The third kappa shape index (κ3) is 2.92. The lowest BCUT2D eigenvalue weighted by Crippen LogP contribution is -2.29. The number of nitrogens with zero attached hydrogens (tertiary/aromatic N) is 3. The minimum Gasteiger partial charge on any atom is -0.326 e. The Bertz CT molecular complexity index is 549. The van der Waals surface area contributed by atoms with Crippen LogP contribution in [-0.4, -0.2) is 40.4 Å². The van der Waals surface area contributed by atoms with E-state index in [1.807, 2.05) is 17.9 Å². The summed E-state index contributed by atoms with van der Waals surface area (Å²) in [6, 6.07) is 10.9. The quantitative estimate of drug-likeness (QED) is 0.913. The monoisotopic (exact) mass is 270 g/mol. The van der Waals surface area contributed by atoms with Crippen LogP contribution in [0.5, 0.6) is 0 Å². The Morgan fingerprint density at radius 2 is 2.05 bits per heavy atom. The number of benzene rings is 1. The van der Waals surface area contributed by atoms with E-state index in [4.69, 9.17) is 5.73 Å². The van der Waals surface area contributed by atoms with E-state index in [9.17, 15) is 0 Å². The third-order valence-corrected chi connectivity index (χ3v) is 4.14. The van der Waals surface area contributed by atoms with E-state index < -0.39 is 0 Å². The predicted molar refractivity (Wildman–Crippen MR) is 80.5 cm³/mol. The topological polar surface area (TPSA) is 47.1 Å². The lowest BCUT2D eigenvalue weighted by molar-refractivity contribution is 0.336. The van der Waals surface area contributed by atoms with Crippen molar-refractivity contribution in [2.45, 2.75) is 18.4 Å². The van der Waals surface area contributed by atoms with Crippen molar-refractivity contribution < 1.29 is 0 Å². The molecule has 2 atom stereocenters. The van der Waals surface area contributed by atoms with E-state index in [1.165, 1.54) is 11.1 Å². The molecule has 106 valence electrons. The van der Waals surface area contributed by atoms with Crippen LogP contribution in [0, 0.1) is 0 Å². The summed E-state index contributed by atoms with van der Waals surface area (Å²) < 4.78 is 1.86. The number of rotatable bonds is 4. The minimum absolute atomic E-state index is 0.242. The van der Waals surface area contributed by atoms with Crippen LogP contribution in [0.4, 0.5) is 0 Å². The van der Waals surface area contributed by atoms with E-state index in [0.29, 0.717) is 5.92 Å². The van der Waals surface area contributed by atoms with E-state index in [1.54, 1.807) is 0 Å². The molecule has 1 aliphatic rings. The highest BCUT2D eigenvalue weighted by atomic mass is 15.2. The molecular weight excluding hydrogens is 248 g/mol. The molecule has 4 nitrogen and oxygen atoms in total. The summed E-state index contributed by atoms with van der Waals surface area (Å²) in [4.78, 5) is 2.47. The van der Waals surface area contributed by atoms with Crippen molar-refractivity contribution >= 4 is 0 Å². The number of hydrogen-bond donors (Lipinski definition) is 1. The first-order valence-electron chi connectivity index (χ1n) is 7.23. The second-order valence-corrected chi connectivity index (χ2v) is 5.71. The van der Waals surface area contributed by atoms with Crippen molar-refractivity contribution in [3.05, 3.63) is 53.9 Å². The fourth-order valence-corrected chi connectivity index (χ4v) is 3.04. The molecule has 0 spiro atoms. The van der Waals surface area contributed by atoms with Gasteiger partial charge < -0.3 is 10.6 Å². The first kappa shape index (κ1) is 13.3. The van der Waals surface area contributed by atoms with Crippen LogP contribution in [0.15, 0.2) is 42.7 Å². The van der Waals surface area contributed by atoms with Crippen LogP contribution in [0.2, 0.25) is 0 Å². The largest absolute Gasteiger partial charge is 0.326 e. The van der Waals surface area contributed by atoms with Gasteiger partial charge in [0.2, 0.25) is 0 Å². The number of aromatic nitrogens is 2. The second kappa shape index (κ2) is 5.77. The van der Waals surface area contributed by atoms with Gasteiger partial charge in [-0.25, -0.2) is 0 Å². The fraction of sp³-hybridized carbons (Fsp3) is 0.438. The number of aryl methyl sites for hydroxylation is 1. The van der Waals surface area contributed by atoms with Crippen LogP contribution >= 0.6 is 0 Å². The summed E-state index contributed by atoms with van der Waals surface area (Å²) in [5.41, 5.74) is 8.98. The standard InChI is InChI=1S/C16H22N4/c1-19-10-13(9-18-19)7-8-20-11-15(16(17)12-20)14-5-3-2-4-6-14/h2-6,9-10,15-16H,7-8,11-12,17H2,1H3/t15-,16+/m0/s1. The summed E-state index contributed by atoms with van der Waals surface area (Å²) in [5.74, 6) is 0.463. The molecule has 1 saturated heterocycles. The van der Waals surface area contributed by atoms with Crippen LogP contribution in [0.3, 0.4) is 0 Å². The van der Waals surface area contributed by atoms with Crippen molar-refractivity contribution in [1.29, 1.82) is 0 Å². The van der Waals surface area contributed by atoms with Crippen molar-refractivity contribution in [3.63, 3.8) is 0 Å². The van der Waals surface area contributed by atoms with Crippen molar-refractivity contribution in [2.75, 3.05) is 19.6 Å². The van der Waals surface area contributed by atoms with E-state index in [0.717, 1.165) is 26.1 Å². The summed E-state index contributed by atoms with van der Waals surface area (Å²) in [5, 5.41) is 4.21. The zero-order valence-electron chi connectivity index (χ0n) is 11.9. The molecule has 0 radical (unpaired) electrons. The summed E-state index contributed by atoms with van der Waals surface area (Å²) in [6.07, 6.45) is 5.08.